The molecule has 1 aromatic carbocycles. The van der Waals surface area contributed by atoms with Crippen LogP contribution < -0.4 is 0 Å². The van der Waals surface area contributed by atoms with Gasteiger partial charge in [0.1, 0.15) is 0 Å². The molecule has 17 heavy (non-hydrogen) atoms. The zero-order chi connectivity index (χ0) is 13.2. The molecule has 0 spiro atoms. The smallest absolute Gasteiger partial charge is 0.307 e. The van der Waals surface area contributed by atoms with Gasteiger partial charge in [0.2, 0.25) is 0 Å². The highest BCUT2D eigenvalue weighted by molar-refractivity contribution is 5.84. The summed E-state index contributed by atoms with van der Waals surface area (Å²) >= 11 is 0. The van der Waals surface area contributed by atoms with Gasteiger partial charge in [0, 0.05) is 0 Å². The summed E-state index contributed by atoms with van der Waals surface area (Å²) in [5, 5.41) is 8.80. The number of carbonyl (C=O) groups is 1. The van der Waals surface area contributed by atoms with Crippen LogP contribution in [0.25, 0.3) is 5.57 Å². The Labute approximate surface area is 103 Å². The predicted molar refractivity (Wildman–Crippen MR) is 71.2 cm³/mol. The average molecular weight is 232 g/mol. The summed E-state index contributed by atoms with van der Waals surface area (Å²) < 4.78 is 0. The van der Waals surface area contributed by atoms with Crippen molar-refractivity contribution in [3.8, 4) is 0 Å². The first-order valence-electron chi connectivity index (χ1n) is 5.73. The minimum atomic E-state index is -0.837. The number of aryl methyl sites for hydroxylation is 1. The largest absolute Gasteiger partial charge is 0.481 e. The molecular weight excluding hydrogens is 212 g/mol. The van der Waals surface area contributed by atoms with Crippen molar-refractivity contribution in [2.75, 3.05) is 0 Å². The van der Waals surface area contributed by atoms with Crippen LogP contribution in [-0.4, -0.2) is 11.1 Å². The van der Waals surface area contributed by atoms with E-state index in [1.54, 1.807) is 0 Å². The molecule has 1 aromatic rings. The third-order valence-corrected chi connectivity index (χ3v) is 2.85. The summed E-state index contributed by atoms with van der Waals surface area (Å²) in [4.78, 5) is 10.7. The van der Waals surface area contributed by atoms with Crippen LogP contribution in [0.5, 0.6) is 0 Å². The van der Waals surface area contributed by atoms with Gasteiger partial charge in [0.05, 0.1) is 6.42 Å². The minimum Gasteiger partial charge on any atom is -0.481 e. The zero-order valence-electron chi connectivity index (χ0n) is 11.0. The van der Waals surface area contributed by atoms with Gasteiger partial charge in [-0.15, -0.1) is 0 Å². The molecule has 1 N–H and O–H groups in total. The SMILES string of the molecule is C=C(CC(=O)O)c1cc(C(C)(C)C)ccc1C. The second kappa shape index (κ2) is 4.74. The van der Waals surface area contributed by atoms with Crippen LogP contribution >= 0.6 is 0 Å². The molecule has 92 valence electrons. The standard InChI is InChI=1S/C15H20O2/c1-10-6-7-12(15(3,4)5)9-13(10)11(2)8-14(16)17/h6-7,9H,2,8H2,1,3-5H3,(H,16,17). The number of hydrogen-bond donors (Lipinski definition) is 1. The lowest BCUT2D eigenvalue weighted by Gasteiger charge is -2.21. The Hall–Kier alpha value is -1.57. The van der Waals surface area contributed by atoms with E-state index in [2.05, 4.69) is 39.5 Å². The fraction of sp³-hybridized carbons (Fsp3) is 0.400. The lowest BCUT2D eigenvalue weighted by Crippen LogP contribution is -2.11. The molecule has 0 fully saturated rings. The maximum absolute atomic E-state index is 10.7. The molecule has 2 nitrogen and oxygen atoms in total. The quantitative estimate of drug-likeness (QED) is 0.861. The fourth-order valence-corrected chi connectivity index (χ4v) is 1.75. The molecule has 0 amide bonds. The second-order valence-electron chi connectivity index (χ2n) is 5.45. The summed E-state index contributed by atoms with van der Waals surface area (Å²) in [6.07, 6.45) is -0.00552. The normalized spacial score (nSPS) is 11.3. The summed E-state index contributed by atoms with van der Waals surface area (Å²) in [6.45, 7) is 12.3. The molecule has 0 aliphatic rings. The number of rotatable bonds is 3. The number of hydrogen-bond acceptors (Lipinski definition) is 1. The maximum atomic E-state index is 10.7. The van der Waals surface area contributed by atoms with Crippen molar-refractivity contribution in [2.45, 2.75) is 39.5 Å². The first-order valence-corrected chi connectivity index (χ1v) is 5.73. The Morgan fingerprint density at radius 3 is 2.41 bits per heavy atom. The van der Waals surface area contributed by atoms with Crippen LogP contribution in [0.1, 0.15) is 43.9 Å². The van der Waals surface area contributed by atoms with Crippen molar-refractivity contribution >= 4 is 11.5 Å². The third-order valence-electron chi connectivity index (χ3n) is 2.85. The molecule has 0 aliphatic heterocycles. The lowest BCUT2D eigenvalue weighted by molar-refractivity contribution is -0.135. The molecule has 2 heteroatoms. The predicted octanol–water partition coefficient (Wildman–Crippen LogP) is 3.78. The van der Waals surface area contributed by atoms with Crippen LogP contribution in [0.2, 0.25) is 0 Å². The van der Waals surface area contributed by atoms with E-state index >= 15 is 0 Å². The Morgan fingerprint density at radius 1 is 1.35 bits per heavy atom. The van der Waals surface area contributed by atoms with Crippen molar-refractivity contribution in [3.63, 3.8) is 0 Å². The van der Waals surface area contributed by atoms with Crippen LogP contribution in [0.15, 0.2) is 24.8 Å². The summed E-state index contributed by atoms with van der Waals surface area (Å²) in [7, 11) is 0. The molecule has 0 aromatic heterocycles. The van der Waals surface area contributed by atoms with E-state index in [1.807, 2.05) is 13.0 Å². The van der Waals surface area contributed by atoms with E-state index in [9.17, 15) is 4.79 Å². The molecular formula is C15H20O2. The topological polar surface area (TPSA) is 37.3 Å². The van der Waals surface area contributed by atoms with E-state index in [1.165, 1.54) is 5.56 Å². The van der Waals surface area contributed by atoms with Crippen molar-refractivity contribution in [1.29, 1.82) is 0 Å². The van der Waals surface area contributed by atoms with Crippen molar-refractivity contribution < 1.29 is 9.90 Å². The first-order chi connectivity index (χ1) is 7.71. The van der Waals surface area contributed by atoms with Gasteiger partial charge < -0.3 is 5.11 Å². The van der Waals surface area contributed by atoms with Crippen molar-refractivity contribution in [1.82, 2.24) is 0 Å². The minimum absolute atomic E-state index is 0.00552. The molecule has 0 radical (unpaired) electrons. The van der Waals surface area contributed by atoms with Gasteiger partial charge in [-0.3, -0.25) is 4.79 Å². The number of carboxylic acid groups (broad SMARTS) is 1. The van der Waals surface area contributed by atoms with Gasteiger partial charge in [-0.2, -0.15) is 0 Å². The molecule has 0 aliphatic carbocycles. The monoisotopic (exact) mass is 232 g/mol. The molecule has 0 saturated carbocycles. The van der Waals surface area contributed by atoms with Crippen molar-refractivity contribution in [2.24, 2.45) is 0 Å². The Balaban J connectivity index is 3.15. The van der Waals surface area contributed by atoms with Crippen LogP contribution in [0.3, 0.4) is 0 Å². The highest BCUT2D eigenvalue weighted by atomic mass is 16.4. The number of carboxylic acids is 1. The zero-order valence-corrected chi connectivity index (χ0v) is 11.0. The van der Waals surface area contributed by atoms with Gasteiger partial charge in [-0.25, -0.2) is 0 Å². The van der Waals surface area contributed by atoms with Gasteiger partial charge in [0.25, 0.3) is 0 Å². The maximum Gasteiger partial charge on any atom is 0.307 e. The average Bonchev–Trinajstić information content (AvgIpc) is 2.15. The Kier molecular flexibility index (Phi) is 3.76. The van der Waals surface area contributed by atoms with Gasteiger partial charge in [-0.1, -0.05) is 45.5 Å². The summed E-state index contributed by atoms with van der Waals surface area (Å²) in [6, 6.07) is 6.18. The van der Waals surface area contributed by atoms with E-state index in [-0.39, 0.29) is 11.8 Å². The van der Waals surface area contributed by atoms with Gasteiger partial charge >= 0.3 is 5.97 Å². The van der Waals surface area contributed by atoms with Crippen LogP contribution in [-0.2, 0) is 10.2 Å². The molecule has 0 atom stereocenters. The van der Waals surface area contributed by atoms with Crippen LogP contribution in [0.4, 0.5) is 0 Å². The number of benzene rings is 1. The second-order valence-corrected chi connectivity index (χ2v) is 5.45. The van der Waals surface area contributed by atoms with Crippen LogP contribution in [0, 0.1) is 6.92 Å². The van der Waals surface area contributed by atoms with E-state index in [4.69, 9.17) is 5.11 Å². The van der Waals surface area contributed by atoms with E-state index < -0.39 is 5.97 Å². The van der Waals surface area contributed by atoms with E-state index in [0.29, 0.717) is 5.57 Å². The van der Waals surface area contributed by atoms with E-state index in [0.717, 1.165) is 11.1 Å². The molecule has 0 unspecified atom stereocenters. The summed E-state index contributed by atoms with van der Waals surface area (Å²) in [5.41, 5.74) is 3.96. The molecule has 0 heterocycles. The first kappa shape index (κ1) is 13.5. The van der Waals surface area contributed by atoms with Crippen molar-refractivity contribution in [3.05, 3.63) is 41.5 Å². The summed E-state index contributed by atoms with van der Waals surface area (Å²) in [5.74, 6) is -0.837. The molecule has 0 saturated heterocycles. The highest BCUT2D eigenvalue weighted by Gasteiger charge is 2.16. The Morgan fingerprint density at radius 2 is 1.94 bits per heavy atom. The lowest BCUT2D eigenvalue weighted by atomic mass is 9.84. The molecule has 1 rings (SSSR count). The number of aliphatic carboxylic acids is 1. The highest BCUT2D eigenvalue weighted by Crippen LogP contribution is 2.28. The fourth-order valence-electron chi connectivity index (χ4n) is 1.75. The van der Waals surface area contributed by atoms with Gasteiger partial charge in [-0.05, 0) is 34.6 Å². The molecule has 0 bridgehead atoms. The third kappa shape index (κ3) is 3.45. The van der Waals surface area contributed by atoms with Gasteiger partial charge in [0.15, 0.2) is 0 Å². The Bertz CT molecular complexity index is 450.